The van der Waals surface area contributed by atoms with Crippen LogP contribution in [0.2, 0.25) is 0 Å². The minimum absolute atomic E-state index is 0.0306. The lowest BCUT2D eigenvalue weighted by Crippen LogP contribution is -2.42. The number of non-ortho nitro benzene ring substituents is 1. The number of thiazole rings is 1. The average molecular weight is 655 g/mol. The maximum Gasteiger partial charge on any atom is 0.305 e. The van der Waals surface area contributed by atoms with E-state index in [1.54, 1.807) is 23.9 Å². The first-order valence-electron chi connectivity index (χ1n) is 14.9. The highest BCUT2D eigenvalue weighted by Crippen LogP contribution is 2.69. The zero-order valence-corrected chi connectivity index (χ0v) is 25.7. The van der Waals surface area contributed by atoms with Crippen molar-refractivity contribution in [1.29, 1.82) is 0 Å². The molecule has 46 heavy (non-hydrogen) atoms. The number of nitrogens with one attached hydrogen (secondary N) is 2. The summed E-state index contributed by atoms with van der Waals surface area (Å²) >= 11 is 2.73. The van der Waals surface area contributed by atoms with Gasteiger partial charge < -0.3 is 15.0 Å². The third kappa shape index (κ3) is 4.48. The van der Waals surface area contributed by atoms with Crippen LogP contribution >= 0.6 is 23.1 Å². The highest BCUT2D eigenvalue weighted by Gasteiger charge is 2.69. The maximum absolute atomic E-state index is 14.0. The standard InChI is InChI=1S/C33H26N4O7S2/c38-23(34-16-6-2-1-3-7-16)15-44-22-9-5-4-8-19(22)24-25-20-14-21(28(25)45-30-29(24)46-33(41)35-30)27-26(20)31(39)36(32(27)40)17-10-12-18(13-11-17)37(42)43/h1-13,20-21,24-28H,14-15H2,(H,34,38)(H,35,41)/t20?,21?,24-,25?,26?,27?,28?/m1/s1. The Hall–Kier alpha value is -4.75. The summed E-state index contributed by atoms with van der Waals surface area (Å²) in [5.74, 6) is -1.94. The van der Waals surface area contributed by atoms with Crippen molar-refractivity contribution in [1.82, 2.24) is 4.98 Å². The number of carbonyl (C=O) groups is 3. The lowest BCUT2D eigenvalue weighted by Gasteiger charge is -2.43. The summed E-state index contributed by atoms with van der Waals surface area (Å²) in [5, 5.41) is 14.7. The van der Waals surface area contributed by atoms with Crippen molar-refractivity contribution >= 4 is 57.9 Å². The van der Waals surface area contributed by atoms with Gasteiger partial charge in [-0.05, 0) is 54.5 Å². The number of fused-ring (bicyclic) bond motifs is 9. The molecule has 232 valence electrons. The first-order chi connectivity index (χ1) is 22.3. The van der Waals surface area contributed by atoms with Crippen LogP contribution in [0.3, 0.4) is 0 Å². The lowest BCUT2D eigenvalue weighted by atomic mass is 9.68. The molecule has 2 saturated carbocycles. The third-order valence-electron chi connectivity index (χ3n) is 9.71. The molecule has 11 nitrogen and oxygen atoms in total. The Balaban J connectivity index is 1.12. The number of amides is 3. The topological polar surface area (TPSA) is 152 Å². The number of hydrogen-bond acceptors (Lipinski definition) is 9. The number of thioether (sulfide) groups is 1. The van der Waals surface area contributed by atoms with Gasteiger partial charge in [0.1, 0.15) is 5.75 Å². The van der Waals surface area contributed by atoms with Crippen molar-refractivity contribution in [3.8, 4) is 5.75 Å². The van der Waals surface area contributed by atoms with E-state index in [2.05, 4.69) is 10.3 Å². The lowest BCUT2D eigenvalue weighted by molar-refractivity contribution is -0.384. The number of nitro groups is 1. The molecular weight excluding hydrogens is 629 g/mol. The van der Waals surface area contributed by atoms with Gasteiger partial charge in [-0.25, -0.2) is 0 Å². The van der Waals surface area contributed by atoms with Crippen LogP contribution in [-0.4, -0.2) is 39.5 Å². The Kier molecular flexibility index (Phi) is 6.83. The summed E-state index contributed by atoms with van der Waals surface area (Å²) in [6, 6.07) is 22.1. The highest BCUT2D eigenvalue weighted by molar-refractivity contribution is 8.00. The van der Waals surface area contributed by atoms with E-state index >= 15 is 0 Å². The first-order valence-corrected chi connectivity index (χ1v) is 16.6. The highest BCUT2D eigenvalue weighted by atomic mass is 32.2. The normalized spacial score (nSPS) is 27.2. The van der Waals surface area contributed by atoms with E-state index in [9.17, 15) is 29.3 Å². The number of nitrogens with zero attached hydrogens (tertiary/aromatic N) is 2. The Morgan fingerprint density at radius 2 is 1.65 bits per heavy atom. The molecule has 3 aromatic carbocycles. The molecule has 2 N–H and O–H groups in total. The molecule has 7 atom stereocenters. The fourth-order valence-corrected chi connectivity index (χ4v) is 11.0. The van der Waals surface area contributed by atoms with Gasteiger partial charge in [-0.15, -0.1) is 11.8 Å². The van der Waals surface area contributed by atoms with Crippen LogP contribution in [-0.2, 0) is 14.4 Å². The number of nitro benzene ring substituents is 1. The Labute approximate surface area is 270 Å². The van der Waals surface area contributed by atoms with Crippen LogP contribution < -0.4 is 19.8 Å². The van der Waals surface area contributed by atoms with E-state index in [1.165, 1.54) is 29.2 Å². The molecule has 13 heteroatoms. The zero-order valence-electron chi connectivity index (χ0n) is 24.0. The molecule has 4 aromatic rings. The van der Waals surface area contributed by atoms with E-state index in [0.29, 0.717) is 23.5 Å². The number of carbonyl (C=O) groups excluding carboxylic acids is 3. The summed E-state index contributed by atoms with van der Waals surface area (Å²) in [4.78, 5) is 68.9. The van der Waals surface area contributed by atoms with Gasteiger partial charge in [-0.1, -0.05) is 47.7 Å². The smallest absolute Gasteiger partial charge is 0.305 e. The second-order valence-electron chi connectivity index (χ2n) is 12.0. The quantitative estimate of drug-likeness (QED) is 0.160. The van der Waals surface area contributed by atoms with Crippen LogP contribution in [0, 0.1) is 39.7 Å². The largest absolute Gasteiger partial charge is 0.483 e. The van der Waals surface area contributed by atoms with Crippen molar-refractivity contribution in [2.45, 2.75) is 22.6 Å². The zero-order chi connectivity index (χ0) is 31.7. The molecule has 0 spiro atoms. The molecule has 2 aliphatic carbocycles. The molecule has 8 rings (SSSR count). The molecule has 1 aromatic heterocycles. The van der Waals surface area contributed by atoms with Crippen molar-refractivity contribution in [2.75, 3.05) is 16.8 Å². The number of H-pyrrole nitrogens is 1. The van der Waals surface area contributed by atoms with Gasteiger partial charge in [0.2, 0.25) is 11.8 Å². The third-order valence-corrected chi connectivity index (χ3v) is 12.3. The summed E-state index contributed by atoms with van der Waals surface area (Å²) in [6.07, 6.45) is 0.710. The molecule has 3 fully saturated rings. The van der Waals surface area contributed by atoms with Crippen molar-refractivity contribution in [3.05, 3.63) is 109 Å². The molecule has 2 bridgehead atoms. The molecule has 6 unspecified atom stereocenters. The Morgan fingerprint density at radius 3 is 2.39 bits per heavy atom. The maximum atomic E-state index is 14.0. The van der Waals surface area contributed by atoms with E-state index in [0.717, 1.165) is 26.8 Å². The van der Waals surface area contributed by atoms with Gasteiger partial charge in [-0.3, -0.25) is 34.2 Å². The fourth-order valence-electron chi connectivity index (χ4n) is 8.07. The van der Waals surface area contributed by atoms with Crippen molar-refractivity contribution in [3.63, 3.8) is 0 Å². The second-order valence-corrected chi connectivity index (χ2v) is 14.2. The molecule has 1 saturated heterocycles. The monoisotopic (exact) mass is 654 g/mol. The molecule has 2 aliphatic heterocycles. The summed E-state index contributed by atoms with van der Waals surface area (Å²) in [6.45, 7) is -0.217. The summed E-state index contributed by atoms with van der Waals surface area (Å²) in [7, 11) is 0. The predicted octanol–water partition coefficient (Wildman–Crippen LogP) is 5.04. The van der Waals surface area contributed by atoms with E-state index in [1.807, 2.05) is 42.5 Å². The van der Waals surface area contributed by atoms with Gasteiger partial charge in [-0.2, -0.15) is 0 Å². The second kappa shape index (κ2) is 11.0. The Bertz CT molecular complexity index is 1960. The van der Waals surface area contributed by atoms with Crippen LogP contribution in [0.15, 0.2) is 88.7 Å². The Morgan fingerprint density at radius 1 is 0.957 bits per heavy atom. The molecule has 0 radical (unpaired) electrons. The van der Waals surface area contributed by atoms with Crippen LogP contribution in [0.4, 0.5) is 17.1 Å². The SMILES string of the molecule is O=C(COc1ccccc1[C@H]1c2sc(=O)[nH]c2SC2C3CC(C4C(=O)N(c5ccc([N+](=O)[O-])cc5)C(=O)C34)C21)Nc1ccccc1. The number of benzene rings is 3. The van der Waals surface area contributed by atoms with Gasteiger partial charge in [0.25, 0.3) is 11.6 Å². The van der Waals surface area contributed by atoms with Gasteiger partial charge >= 0.3 is 4.87 Å². The number of imide groups is 1. The number of anilines is 2. The van der Waals surface area contributed by atoms with Gasteiger partial charge in [0, 0.05) is 39.4 Å². The van der Waals surface area contributed by atoms with Gasteiger partial charge in [0.15, 0.2) is 6.61 Å². The van der Waals surface area contributed by atoms with E-state index in [-0.39, 0.29) is 63.8 Å². The molecule has 4 aliphatic rings. The summed E-state index contributed by atoms with van der Waals surface area (Å²) < 4.78 is 6.12. The average Bonchev–Trinajstić information content (AvgIpc) is 3.79. The number of ether oxygens (including phenoxy) is 1. The van der Waals surface area contributed by atoms with Crippen LogP contribution in [0.1, 0.15) is 22.8 Å². The summed E-state index contributed by atoms with van der Waals surface area (Å²) in [5.41, 5.74) is 1.70. The molecular formula is C33H26N4O7S2. The number of hydrogen-bond donors (Lipinski definition) is 2. The first kappa shape index (κ1) is 28.7. The van der Waals surface area contributed by atoms with Crippen molar-refractivity contribution < 1.29 is 24.0 Å². The number of aromatic amines is 1. The number of rotatable bonds is 7. The van der Waals surface area contributed by atoms with Crippen LogP contribution in [0.5, 0.6) is 5.75 Å². The number of aromatic nitrogens is 1. The van der Waals surface area contributed by atoms with E-state index in [4.69, 9.17) is 4.74 Å². The minimum Gasteiger partial charge on any atom is -0.483 e. The molecule has 3 amide bonds. The minimum atomic E-state index is -0.529. The predicted molar refractivity (Wildman–Crippen MR) is 171 cm³/mol. The van der Waals surface area contributed by atoms with E-state index < -0.39 is 16.8 Å². The number of para-hydroxylation sites is 2. The fraction of sp³-hybridized carbons (Fsp3) is 0.273. The van der Waals surface area contributed by atoms with Crippen molar-refractivity contribution in [2.24, 2.45) is 29.6 Å². The van der Waals surface area contributed by atoms with Gasteiger partial charge in [0.05, 0.1) is 27.5 Å². The molecule has 3 heterocycles. The van der Waals surface area contributed by atoms with Crippen LogP contribution in [0.25, 0.3) is 0 Å².